The second-order valence-corrected chi connectivity index (χ2v) is 5.95. The predicted molar refractivity (Wildman–Crippen MR) is 79.6 cm³/mol. The van der Waals surface area contributed by atoms with Crippen molar-refractivity contribution in [2.75, 3.05) is 11.9 Å². The number of amides is 1. The number of nitrogens with one attached hydrogen (secondary N) is 1. The van der Waals surface area contributed by atoms with E-state index in [1.165, 1.54) is 11.3 Å². The molecule has 1 amide bonds. The molecule has 25 heavy (non-hydrogen) atoms. The van der Waals surface area contributed by atoms with Gasteiger partial charge in [0.2, 0.25) is 5.91 Å². The fraction of sp³-hybridized carbons (Fsp3) is 0.267. The topological polar surface area (TPSA) is 38.3 Å². The highest BCUT2D eigenvalue weighted by Gasteiger charge is 2.32. The second-order valence-electron chi connectivity index (χ2n) is 4.92. The molecule has 1 aromatic carbocycles. The van der Waals surface area contributed by atoms with Crippen LogP contribution in [-0.2, 0) is 17.4 Å². The Hall–Kier alpha value is -2.23. The van der Waals surface area contributed by atoms with Crippen molar-refractivity contribution < 1.29 is 35.9 Å². The molecule has 1 aromatic heterocycles. The van der Waals surface area contributed by atoms with Crippen LogP contribution in [0.15, 0.2) is 35.7 Å². The number of ether oxygens (including phenoxy) is 1. The van der Waals surface area contributed by atoms with Crippen LogP contribution < -0.4 is 10.1 Å². The van der Waals surface area contributed by atoms with Gasteiger partial charge in [-0.2, -0.15) is 26.3 Å². The number of hydrogen-bond donors (Lipinski definition) is 1. The third kappa shape index (κ3) is 5.96. The summed E-state index contributed by atoms with van der Waals surface area (Å²) in [6.45, 7) is -1.69. The highest BCUT2D eigenvalue weighted by Crippen LogP contribution is 2.35. The minimum Gasteiger partial charge on any atom is -0.482 e. The molecular weight excluding hydrogens is 372 g/mol. The Bertz CT molecular complexity index is 725. The average Bonchev–Trinajstić information content (AvgIpc) is 2.96. The Morgan fingerprint density at radius 3 is 2.40 bits per heavy atom. The maximum Gasteiger partial charge on any atom is 0.422 e. The van der Waals surface area contributed by atoms with E-state index >= 15 is 0 Å². The molecule has 2 rings (SSSR count). The van der Waals surface area contributed by atoms with E-state index in [9.17, 15) is 31.1 Å². The van der Waals surface area contributed by atoms with Gasteiger partial charge in [-0.3, -0.25) is 4.79 Å². The molecule has 3 nitrogen and oxygen atoms in total. The first kappa shape index (κ1) is 19.1. The molecule has 10 heteroatoms. The highest BCUT2D eigenvalue weighted by atomic mass is 32.1. The van der Waals surface area contributed by atoms with E-state index < -0.39 is 41.9 Å². The lowest BCUT2D eigenvalue weighted by atomic mass is 10.1. The van der Waals surface area contributed by atoms with Crippen molar-refractivity contribution in [3.63, 3.8) is 0 Å². The summed E-state index contributed by atoms with van der Waals surface area (Å²) in [5, 5.41) is 3.89. The van der Waals surface area contributed by atoms with E-state index in [2.05, 4.69) is 10.1 Å². The summed E-state index contributed by atoms with van der Waals surface area (Å²) in [7, 11) is 0. The van der Waals surface area contributed by atoms with E-state index in [-0.39, 0.29) is 6.42 Å². The first-order valence-electron chi connectivity index (χ1n) is 6.77. The van der Waals surface area contributed by atoms with E-state index in [0.717, 1.165) is 6.07 Å². The van der Waals surface area contributed by atoms with Crippen LogP contribution in [0.4, 0.5) is 32.0 Å². The van der Waals surface area contributed by atoms with Crippen molar-refractivity contribution in [2.24, 2.45) is 0 Å². The molecular formula is C15H11F6NO2S. The normalized spacial score (nSPS) is 12.1. The molecule has 1 N–H and O–H groups in total. The van der Waals surface area contributed by atoms with Crippen LogP contribution in [-0.4, -0.2) is 18.7 Å². The molecule has 2 aromatic rings. The third-order valence-electron chi connectivity index (χ3n) is 2.89. The molecule has 0 saturated heterocycles. The standard InChI is InChI=1S/C15H11F6NO2S/c16-14(17,18)8-24-12-4-3-9(15(19,20)21)6-11(12)22-13(23)7-10-2-1-5-25-10/h1-6H,7-8H2,(H,22,23). The molecule has 0 saturated carbocycles. The van der Waals surface area contributed by atoms with Gasteiger partial charge in [0.25, 0.3) is 0 Å². The second kappa shape index (κ2) is 7.34. The number of benzene rings is 1. The molecule has 136 valence electrons. The van der Waals surface area contributed by atoms with Crippen LogP contribution in [0.3, 0.4) is 0 Å². The van der Waals surface area contributed by atoms with Gasteiger partial charge in [0.05, 0.1) is 17.7 Å². The Labute approximate surface area is 142 Å². The van der Waals surface area contributed by atoms with Crippen LogP contribution in [0, 0.1) is 0 Å². The van der Waals surface area contributed by atoms with E-state index in [1.54, 1.807) is 17.5 Å². The van der Waals surface area contributed by atoms with E-state index in [1.807, 2.05) is 0 Å². The van der Waals surface area contributed by atoms with Crippen molar-refractivity contribution in [1.82, 2.24) is 0 Å². The van der Waals surface area contributed by atoms with Crippen LogP contribution in [0.5, 0.6) is 5.75 Å². The number of halogens is 6. The molecule has 0 aliphatic carbocycles. The van der Waals surface area contributed by atoms with Crippen LogP contribution in [0.25, 0.3) is 0 Å². The summed E-state index contributed by atoms with van der Waals surface area (Å²) < 4.78 is 79.7. The van der Waals surface area contributed by atoms with Gasteiger partial charge in [-0.05, 0) is 29.6 Å². The molecule has 0 spiro atoms. The van der Waals surface area contributed by atoms with Crippen molar-refractivity contribution in [3.8, 4) is 5.75 Å². The Morgan fingerprint density at radius 2 is 1.84 bits per heavy atom. The van der Waals surface area contributed by atoms with Crippen LogP contribution in [0.1, 0.15) is 10.4 Å². The molecule has 0 aliphatic rings. The zero-order valence-corrected chi connectivity index (χ0v) is 13.2. The Kier molecular flexibility index (Phi) is 5.61. The molecule has 0 fully saturated rings. The van der Waals surface area contributed by atoms with Crippen molar-refractivity contribution in [3.05, 3.63) is 46.2 Å². The van der Waals surface area contributed by atoms with Gasteiger partial charge in [-0.15, -0.1) is 11.3 Å². The fourth-order valence-corrected chi connectivity index (χ4v) is 2.56. The van der Waals surface area contributed by atoms with Gasteiger partial charge in [0.15, 0.2) is 6.61 Å². The molecule has 0 radical (unpaired) electrons. The minimum absolute atomic E-state index is 0.118. The molecule has 0 bridgehead atoms. The van der Waals surface area contributed by atoms with Crippen molar-refractivity contribution in [2.45, 2.75) is 18.8 Å². The number of rotatable bonds is 5. The smallest absolute Gasteiger partial charge is 0.422 e. The summed E-state index contributed by atoms with van der Waals surface area (Å²) in [4.78, 5) is 12.6. The lowest BCUT2D eigenvalue weighted by Crippen LogP contribution is -2.21. The van der Waals surface area contributed by atoms with Gasteiger partial charge < -0.3 is 10.1 Å². The Balaban J connectivity index is 2.22. The zero-order valence-electron chi connectivity index (χ0n) is 12.4. The van der Waals surface area contributed by atoms with Crippen LogP contribution >= 0.6 is 11.3 Å². The van der Waals surface area contributed by atoms with Gasteiger partial charge in [-0.1, -0.05) is 6.07 Å². The molecule has 0 unspecified atom stereocenters. The average molecular weight is 383 g/mol. The lowest BCUT2D eigenvalue weighted by Gasteiger charge is -2.16. The number of carbonyl (C=O) groups is 1. The maximum atomic E-state index is 12.8. The SMILES string of the molecule is O=C(Cc1cccs1)Nc1cc(C(F)(F)F)ccc1OCC(F)(F)F. The number of thiophene rings is 1. The minimum atomic E-state index is -4.71. The maximum absolute atomic E-state index is 12.8. The number of anilines is 1. The first-order chi connectivity index (χ1) is 11.5. The quantitative estimate of drug-likeness (QED) is 0.747. The zero-order chi connectivity index (χ0) is 18.7. The summed E-state index contributed by atoms with van der Waals surface area (Å²) in [6, 6.07) is 5.21. The predicted octanol–water partition coefficient (Wildman–Crippen LogP) is 4.89. The van der Waals surface area contributed by atoms with E-state index in [4.69, 9.17) is 0 Å². The molecule has 1 heterocycles. The van der Waals surface area contributed by atoms with Crippen LogP contribution in [0.2, 0.25) is 0 Å². The van der Waals surface area contributed by atoms with Gasteiger partial charge in [-0.25, -0.2) is 0 Å². The Morgan fingerprint density at radius 1 is 1.12 bits per heavy atom. The highest BCUT2D eigenvalue weighted by molar-refractivity contribution is 7.10. The lowest BCUT2D eigenvalue weighted by molar-refractivity contribution is -0.153. The van der Waals surface area contributed by atoms with Crippen molar-refractivity contribution in [1.29, 1.82) is 0 Å². The summed E-state index contributed by atoms with van der Waals surface area (Å²) >= 11 is 1.27. The number of alkyl halides is 6. The third-order valence-corrected chi connectivity index (χ3v) is 3.76. The summed E-state index contributed by atoms with van der Waals surface area (Å²) in [5.41, 5.74) is -1.58. The van der Waals surface area contributed by atoms with Gasteiger partial charge >= 0.3 is 12.4 Å². The van der Waals surface area contributed by atoms with Gasteiger partial charge in [0, 0.05) is 4.88 Å². The summed E-state index contributed by atoms with van der Waals surface area (Å²) in [6.07, 6.45) is -9.50. The van der Waals surface area contributed by atoms with Gasteiger partial charge in [0.1, 0.15) is 5.75 Å². The summed E-state index contributed by atoms with van der Waals surface area (Å²) in [5.74, 6) is -1.16. The fourth-order valence-electron chi connectivity index (χ4n) is 1.86. The monoisotopic (exact) mass is 383 g/mol. The number of carbonyl (C=O) groups excluding carboxylic acids is 1. The largest absolute Gasteiger partial charge is 0.482 e. The molecule has 0 atom stereocenters. The first-order valence-corrected chi connectivity index (χ1v) is 7.65. The van der Waals surface area contributed by atoms with Crippen molar-refractivity contribution >= 4 is 22.9 Å². The molecule has 0 aliphatic heterocycles. The number of hydrogen-bond acceptors (Lipinski definition) is 3. The van der Waals surface area contributed by atoms with E-state index in [0.29, 0.717) is 17.0 Å².